The summed E-state index contributed by atoms with van der Waals surface area (Å²) < 4.78 is 0. The number of nitrogens with one attached hydrogen (secondary N) is 2. The molecule has 5 rings (SSSR count). The van der Waals surface area contributed by atoms with Crippen LogP contribution in [0.5, 0.6) is 0 Å². The lowest BCUT2D eigenvalue weighted by Gasteiger charge is -2.19. The first-order chi connectivity index (χ1) is 18.1. The van der Waals surface area contributed by atoms with Crippen LogP contribution in [0.15, 0.2) is 67.3 Å². The molecule has 5 aromatic rings. The summed E-state index contributed by atoms with van der Waals surface area (Å²) in [7, 11) is 0. The van der Waals surface area contributed by atoms with Gasteiger partial charge in [-0.2, -0.15) is 10.2 Å². The molecule has 12 heteroatoms. The smallest absolute Gasteiger partial charge is 0.249 e. The summed E-state index contributed by atoms with van der Waals surface area (Å²) in [5, 5.41) is 34.8. The number of primary amides is 1. The lowest BCUT2D eigenvalue weighted by atomic mass is 9.88. The topological polar surface area (TPSA) is 192 Å². The quantitative estimate of drug-likeness (QED) is 0.200. The highest BCUT2D eigenvalue weighted by molar-refractivity contribution is 5.94. The first kappa shape index (κ1) is 23.9. The van der Waals surface area contributed by atoms with Crippen LogP contribution in [0.25, 0.3) is 22.8 Å². The first-order valence-corrected chi connectivity index (χ1v) is 11.4. The average Bonchev–Trinajstić information content (AvgIpc) is 3.62. The average molecular weight is 498 g/mol. The van der Waals surface area contributed by atoms with Crippen molar-refractivity contribution in [2.24, 2.45) is 5.73 Å². The number of H-pyrrole nitrogens is 2. The Morgan fingerprint density at radius 1 is 0.784 bits per heavy atom. The van der Waals surface area contributed by atoms with Crippen molar-refractivity contribution in [3.05, 3.63) is 95.6 Å². The van der Waals surface area contributed by atoms with Crippen LogP contribution in [-0.4, -0.2) is 69.7 Å². The molecule has 0 spiro atoms. The van der Waals surface area contributed by atoms with Gasteiger partial charge >= 0.3 is 0 Å². The summed E-state index contributed by atoms with van der Waals surface area (Å²) in [5.41, 5.74) is 8.49. The Bertz CT molecular complexity index is 1500. The number of rotatable bonds is 9. The second kappa shape index (κ2) is 10.4. The second-order valence-electron chi connectivity index (χ2n) is 8.24. The van der Waals surface area contributed by atoms with E-state index in [0.717, 1.165) is 11.1 Å². The standard InChI is InChI=1S/C25H23N9O3/c26-21(37)17-2-1-16(19(12-35)24-29-22(31-33-24)14-3-7-27-8-4-14)11-18(17)20(13-36)25-30-23(32-34-25)15-5-9-28-10-6-15/h1-11,19-20,35-36H,12-13H2,(H2,26,37)(H,29,31,33)(H,30,32,34). The van der Waals surface area contributed by atoms with Gasteiger partial charge in [-0.05, 0) is 41.5 Å². The normalized spacial score (nSPS) is 12.8. The van der Waals surface area contributed by atoms with Crippen LogP contribution in [0.4, 0.5) is 0 Å². The fourth-order valence-electron chi connectivity index (χ4n) is 4.11. The molecule has 1 amide bonds. The maximum atomic E-state index is 12.3. The number of aliphatic hydroxyl groups is 2. The molecule has 6 N–H and O–H groups in total. The van der Waals surface area contributed by atoms with Gasteiger partial charge in [0.25, 0.3) is 0 Å². The van der Waals surface area contributed by atoms with E-state index < -0.39 is 17.7 Å². The van der Waals surface area contributed by atoms with Crippen LogP contribution in [-0.2, 0) is 0 Å². The Labute approximate surface area is 210 Å². The number of aromatic amines is 2. The van der Waals surface area contributed by atoms with Gasteiger partial charge in [-0.25, -0.2) is 9.97 Å². The second-order valence-corrected chi connectivity index (χ2v) is 8.24. The lowest BCUT2D eigenvalue weighted by molar-refractivity contribution is 0.0998. The Balaban J connectivity index is 1.52. The number of carbonyl (C=O) groups excluding carboxylic acids is 1. The van der Waals surface area contributed by atoms with Gasteiger partial charge in [-0.15, -0.1) is 0 Å². The van der Waals surface area contributed by atoms with Crippen molar-refractivity contribution in [1.29, 1.82) is 0 Å². The van der Waals surface area contributed by atoms with E-state index in [-0.39, 0.29) is 18.8 Å². The molecule has 2 unspecified atom stereocenters. The Morgan fingerprint density at radius 3 is 1.78 bits per heavy atom. The van der Waals surface area contributed by atoms with Crippen LogP contribution >= 0.6 is 0 Å². The van der Waals surface area contributed by atoms with Gasteiger partial charge in [0.15, 0.2) is 11.6 Å². The highest BCUT2D eigenvalue weighted by atomic mass is 16.3. The van der Waals surface area contributed by atoms with Gasteiger partial charge in [0.05, 0.1) is 25.0 Å². The molecule has 0 fully saturated rings. The highest BCUT2D eigenvalue weighted by Crippen LogP contribution is 2.31. The summed E-state index contributed by atoms with van der Waals surface area (Å²) in [4.78, 5) is 29.4. The maximum Gasteiger partial charge on any atom is 0.249 e. The molecule has 4 heterocycles. The van der Waals surface area contributed by atoms with E-state index in [1.165, 1.54) is 0 Å². The molecule has 0 radical (unpaired) electrons. The zero-order chi connectivity index (χ0) is 25.8. The Morgan fingerprint density at radius 2 is 1.30 bits per heavy atom. The number of aliphatic hydroxyl groups excluding tert-OH is 2. The molecule has 0 saturated heterocycles. The van der Waals surface area contributed by atoms with Gasteiger partial charge in [0.2, 0.25) is 5.91 Å². The van der Waals surface area contributed by atoms with Crippen molar-refractivity contribution in [3.8, 4) is 22.8 Å². The molecule has 37 heavy (non-hydrogen) atoms. The number of nitrogens with two attached hydrogens (primary N) is 1. The van der Waals surface area contributed by atoms with Gasteiger partial charge in [-0.3, -0.25) is 25.0 Å². The summed E-state index contributed by atoms with van der Waals surface area (Å²) in [6.07, 6.45) is 6.54. The largest absolute Gasteiger partial charge is 0.395 e. The predicted molar refractivity (Wildman–Crippen MR) is 132 cm³/mol. The van der Waals surface area contributed by atoms with Crippen LogP contribution < -0.4 is 5.73 Å². The molecular weight excluding hydrogens is 474 g/mol. The molecular formula is C25H23N9O3. The van der Waals surface area contributed by atoms with Crippen molar-refractivity contribution in [2.45, 2.75) is 11.8 Å². The first-order valence-electron chi connectivity index (χ1n) is 11.4. The Kier molecular flexibility index (Phi) is 6.74. The van der Waals surface area contributed by atoms with Crippen molar-refractivity contribution in [3.63, 3.8) is 0 Å². The number of amides is 1. The van der Waals surface area contributed by atoms with E-state index in [1.54, 1.807) is 67.3 Å². The zero-order valence-corrected chi connectivity index (χ0v) is 19.5. The fraction of sp³-hybridized carbons (Fsp3) is 0.160. The SMILES string of the molecule is NC(=O)c1ccc(C(CO)c2nc(-c3ccncc3)n[nH]2)cc1C(CO)c1nc(-c2ccncc2)n[nH]1. The van der Waals surface area contributed by atoms with Crippen molar-refractivity contribution < 1.29 is 15.0 Å². The number of carbonyl (C=O) groups is 1. The molecule has 0 bridgehead atoms. The van der Waals surface area contributed by atoms with Crippen LogP contribution in [0.1, 0.15) is 45.0 Å². The third-order valence-electron chi connectivity index (χ3n) is 6.03. The van der Waals surface area contributed by atoms with Crippen molar-refractivity contribution in [1.82, 2.24) is 40.3 Å². The molecule has 0 aliphatic carbocycles. The van der Waals surface area contributed by atoms with Crippen LogP contribution in [0.2, 0.25) is 0 Å². The fourth-order valence-corrected chi connectivity index (χ4v) is 4.11. The van der Waals surface area contributed by atoms with Crippen molar-refractivity contribution >= 4 is 5.91 Å². The minimum absolute atomic E-state index is 0.219. The predicted octanol–water partition coefficient (Wildman–Crippen LogP) is 1.39. The van der Waals surface area contributed by atoms with Crippen LogP contribution in [0.3, 0.4) is 0 Å². The van der Waals surface area contributed by atoms with E-state index in [0.29, 0.717) is 34.4 Å². The minimum atomic E-state index is -0.730. The van der Waals surface area contributed by atoms with Gasteiger partial charge in [0, 0.05) is 41.5 Å². The number of pyridine rings is 2. The van der Waals surface area contributed by atoms with Gasteiger partial charge in [-0.1, -0.05) is 12.1 Å². The number of aromatic nitrogens is 8. The molecule has 0 saturated carbocycles. The zero-order valence-electron chi connectivity index (χ0n) is 19.5. The summed E-state index contributed by atoms with van der Waals surface area (Å²) in [5.74, 6) is -0.290. The van der Waals surface area contributed by atoms with E-state index in [4.69, 9.17) is 5.73 Å². The minimum Gasteiger partial charge on any atom is -0.395 e. The number of nitrogens with zero attached hydrogens (tertiary/aromatic N) is 6. The van der Waals surface area contributed by atoms with E-state index >= 15 is 0 Å². The number of benzene rings is 1. The van der Waals surface area contributed by atoms with Gasteiger partial charge in [0.1, 0.15) is 11.6 Å². The molecule has 12 nitrogen and oxygen atoms in total. The molecule has 2 atom stereocenters. The number of hydrogen-bond acceptors (Lipinski definition) is 9. The molecule has 0 aliphatic rings. The monoisotopic (exact) mass is 497 g/mol. The van der Waals surface area contributed by atoms with Crippen molar-refractivity contribution in [2.75, 3.05) is 13.2 Å². The third kappa shape index (κ3) is 4.83. The highest BCUT2D eigenvalue weighted by Gasteiger charge is 2.26. The molecule has 0 aliphatic heterocycles. The van der Waals surface area contributed by atoms with E-state index in [1.807, 2.05) is 0 Å². The van der Waals surface area contributed by atoms with Crippen LogP contribution in [0, 0.1) is 0 Å². The van der Waals surface area contributed by atoms with Gasteiger partial charge < -0.3 is 15.9 Å². The lowest BCUT2D eigenvalue weighted by Crippen LogP contribution is -2.19. The third-order valence-corrected chi connectivity index (χ3v) is 6.03. The molecule has 1 aromatic carbocycles. The van der Waals surface area contributed by atoms with E-state index in [9.17, 15) is 15.0 Å². The van der Waals surface area contributed by atoms with E-state index in [2.05, 4.69) is 40.3 Å². The summed E-state index contributed by atoms with van der Waals surface area (Å²) in [6, 6.07) is 12.1. The molecule has 186 valence electrons. The summed E-state index contributed by atoms with van der Waals surface area (Å²) in [6.45, 7) is -0.647. The Hall–Kier alpha value is -4.81. The maximum absolute atomic E-state index is 12.3. The molecule has 4 aromatic heterocycles. The summed E-state index contributed by atoms with van der Waals surface area (Å²) >= 11 is 0. The number of hydrogen-bond donors (Lipinski definition) is 5.